The fraction of sp³-hybridized carbons (Fsp3) is 0.211. The van der Waals surface area contributed by atoms with Crippen molar-refractivity contribution in [2.75, 3.05) is 6.54 Å². The van der Waals surface area contributed by atoms with Crippen LogP contribution in [-0.2, 0) is 19.5 Å². The first-order valence-corrected chi connectivity index (χ1v) is 7.70. The highest BCUT2D eigenvalue weighted by molar-refractivity contribution is 5.78. The number of fused-ring (bicyclic) bond motifs is 2. The van der Waals surface area contributed by atoms with Gasteiger partial charge in [-0.1, -0.05) is 42.5 Å². The normalized spacial score (nSPS) is 14.9. The number of nitrogens with one attached hydrogen (secondary N) is 1. The number of para-hydroxylation sites is 1. The maximum Gasteiger partial charge on any atom is 0.252 e. The lowest BCUT2D eigenvalue weighted by molar-refractivity contribution is 0.244. The van der Waals surface area contributed by atoms with Gasteiger partial charge in [-0.15, -0.1) is 0 Å². The van der Waals surface area contributed by atoms with E-state index in [4.69, 9.17) is 0 Å². The molecule has 0 saturated carbocycles. The third-order valence-corrected chi connectivity index (χ3v) is 4.43. The Kier molecular flexibility index (Phi) is 3.28. The summed E-state index contributed by atoms with van der Waals surface area (Å²) in [5.74, 6) is 0. The lowest BCUT2D eigenvalue weighted by Crippen LogP contribution is -2.32. The fourth-order valence-electron chi connectivity index (χ4n) is 3.24. The van der Waals surface area contributed by atoms with Crippen molar-refractivity contribution in [3.05, 3.63) is 81.6 Å². The summed E-state index contributed by atoms with van der Waals surface area (Å²) >= 11 is 0. The van der Waals surface area contributed by atoms with Gasteiger partial charge in [0.15, 0.2) is 0 Å². The molecule has 3 aromatic rings. The molecule has 0 atom stereocenters. The number of aromatic nitrogens is 1. The Morgan fingerprint density at radius 3 is 2.68 bits per heavy atom. The molecule has 22 heavy (non-hydrogen) atoms. The van der Waals surface area contributed by atoms with Crippen molar-refractivity contribution in [2.24, 2.45) is 0 Å². The highest BCUT2D eigenvalue weighted by atomic mass is 16.1. The van der Waals surface area contributed by atoms with Gasteiger partial charge < -0.3 is 4.98 Å². The van der Waals surface area contributed by atoms with Crippen LogP contribution in [0.15, 0.2) is 59.4 Å². The van der Waals surface area contributed by atoms with Crippen molar-refractivity contribution in [2.45, 2.75) is 19.5 Å². The molecule has 1 N–H and O–H groups in total. The summed E-state index contributed by atoms with van der Waals surface area (Å²) in [6.45, 7) is 2.63. The molecular formula is C19H18N2O. The SMILES string of the molecule is O=c1[nH]c2ccccc2cc1CN1CCc2ccccc2C1. The Bertz CT molecular complexity index is 882. The highest BCUT2D eigenvalue weighted by Crippen LogP contribution is 2.20. The van der Waals surface area contributed by atoms with Crippen molar-refractivity contribution in [1.82, 2.24) is 9.88 Å². The number of rotatable bonds is 2. The molecule has 1 aliphatic rings. The standard InChI is InChI=1S/C19H18N2O/c22-19-17(11-15-6-3-4-8-18(15)20-19)13-21-10-9-14-5-1-2-7-16(14)12-21/h1-8,11H,9-10,12-13H2,(H,20,22). The molecule has 0 bridgehead atoms. The summed E-state index contributed by atoms with van der Waals surface area (Å²) in [6.07, 6.45) is 1.06. The summed E-state index contributed by atoms with van der Waals surface area (Å²) in [6, 6.07) is 18.5. The Morgan fingerprint density at radius 2 is 1.77 bits per heavy atom. The molecule has 4 rings (SSSR count). The van der Waals surface area contributed by atoms with E-state index in [1.54, 1.807) is 0 Å². The van der Waals surface area contributed by atoms with Gasteiger partial charge in [0.25, 0.3) is 5.56 Å². The second-order valence-electron chi connectivity index (χ2n) is 5.94. The Labute approximate surface area is 129 Å². The van der Waals surface area contributed by atoms with Crippen LogP contribution in [0.5, 0.6) is 0 Å². The van der Waals surface area contributed by atoms with Crippen LogP contribution in [0.1, 0.15) is 16.7 Å². The summed E-state index contributed by atoms with van der Waals surface area (Å²) in [5.41, 5.74) is 4.59. The van der Waals surface area contributed by atoms with Crippen LogP contribution < -0.4 is 5.56 Å². The van der Waals surface area contributed by atoms with Crippen molar-refractivity contribution in [1.29, 1.82) is 0 Å². The van der Waals surface area contributed by atoms with Gasteiger partial charge in [0.05, 0.1) is 0 Å². The average molecular weight is 290 g/mol. The molecule has 0 amide bonds. The minimum atomic E-state index is 0.0255. The quantitative estimate of drug-likeness (QED) is 0.787. The molecule has 2 aromatic carbocycles. The van der Waals surface area contributed by atoms with E-state index in [0.717, 1.165) is 36.0 Å². The topological polar surface area (TPSA) is 36.1 Å². The first-order valence-electron chi connectivity index (χ1n) is 7.70. The zero-order chi connectivity index (χ0) is 14.9. The summed E-state index contributed by atoms with van der Waals surface area (Å²) in [7, 11) is 0. The molecule has 0 fully saturated rings. The Morgan fingerprint density at radius 1 is 1.00 bits per heavy atom. The molecule has 0 radical (unpaired) electrons. The second-order valence-corrected chi connectivity index (χ2v) is 5.94. The number of nitrogens with zero attached hydrogens (tertiary/aromatic N) is 1. The zero-order valence-electron chi connectivity index (χ0n) is 12.4. The lowest BCUT2D eigenvalue weighted by Gasteiger charge is -2.28. The predicted octanol–water partition coefficient (Wildman–Crippen LogP) is 3.09. The molecule has 0 unspecified atom stereocenters. The van der Waals surface area contributed by atoms with Crippen LogP contribution in [0.3, 0.4) is 0 Å². The number of aromatic amines is 1. The predicted molar refractivity (Wildman–Crippen MR) is 88.8 cm³/mol. The van der Waals surface area contributed by atoms with Gasteiger partial charge in [-0.3, -0.25) is 9.69 Å². The molecule has 3 nitrogen and oxygen atoms in total. The van der Waals surface area contributed by atoms with Crippen LogP contribution in [0.4, 0.5) is 0 Å². The first kappa shape index (κ1) is 13.3. The van der Waals surface area contributed by atoms with E-state index in [9.17, 15) is 4.79 Å². The van der Waals surface area contributed by atoms with Crippen LogP contribution in [0.2, 0.25) is 0 Å². The van der Waals surface area contributed by atoms with E-state index in [1.165, 1.54) is 11.1 Å². The van der Waals surface area contributed by atoms with Gasteiger partial charge in [-0.2, -0.15) is 0 Å². The average Bonchev–Trinajstić information content (AvgIpc) is 2.55. The maximum absolute atomic E-state index is 12.3. The molecule has 3 heteroatoms. The lowest BCUT2D eigenvalue weighted by atomic mass is 9.99. The summed E-state index contributed by atoms with van der Waals surface area (Å²) < 4.78 is 0. The fourth-order valence-corrected chi connectivity index (χ4v) is 3.24. The number of hydrogen-bond acceptors (Lipinski definition) is 2. The minimum Gasteiger partial charge on any atom is -0.322 e. The van der Waals surface area contributed by atoms with Crippen molar-refractivity contribution < 1.29 is 0 Å². The van der Waals surface area contributed by atoms with Crippen LogP contribution in [0, 0.1) is 0 Å². The molecule has 110 valence electrons. The van der Waals surface area contributed by atoms with Gasteiger partial charge in [-0.05, 0) is 35.1 Å². The summed E-state index contributed by atoms with van der Waals surface area (Å²) in [5, 5.41) is 1.09. The first-order chi connectivity index (χ1) is 10.8. The summed E-state index contributed by atoms with van der Waals surface area (Å²) in [4.78, 5) is 17.6. The maximum atomic E-state index is 12.3. The van der Waals surface area contributed by atoms with Crippen molar-refractivity contribution in [3.8, 4) is 0 Å². The van der Waals surface area contributed by atoms with E-state index in [0.29, 0.717) is 6.54 Å². The molecular weight excluding hydrogens is 272 g/mol. The number of H-pyrrole nitrogens is 1. The van der Waals surface area contributed by atoms with Gasteiger partial charge in [0.1, 0.15) is 0 Å². The van der Waals surface area contributed by atoms with Crippen LogP contribution in [-0.4, -0.2) is 16.4 Å². The third kappa shape index (κ3) is 2.44. The Balaban J connectivity index is 1.62. The van der Waals surface area contributed by atoms with E-state index in [1.807, 2.05) is 30.3 Å². The number of benzene rings is 2. The van der Waals surface area contributed by atoms with Gasteiger partial charge >= 0.3 is 0 Å². The highest BCUT2D eigenvalue weighted by Gasteiger charge is 2.17. The minimum absolute atomic E-state index is 0.0255. The van der Waals surface area contributed by atoms with Gasteiger partial charge in [0.2, 0.25) is 0 Å². The van der Waals surface area contributed by atoms with Crippen LogP contribution in [0.25, 0.3) is 10.9 Å². The molecule has 2 heterocycles. The number of hydrogen-bond donors (Lipinski definition) is 1. The zero-order valence-corrected chi connectivity index (χ0v) is 12.4. The second kappa shape index (κ2) is 5.43. The van der Waals surface area contributed by atoms with E-state index in [2.05, 4.69) is 34.1 Å². The van der Waals surface area contributed by atoms with Crippen molar-refractivity contribution >= 4 is 10.9 Å². The van der Waals surface area contributed by atoms with E-state index >= 15 is 0 Å². The Hall–Kier alpha value is -2.39. The molecule has 0 spiro atoms. The third-order valence-electron chi connectivity index (χ3n) is 4.43. The monoisotopic (exact) mass is 290 g/mol. The number of pyridine rings is 1. The van der Waals surface area contributed by atoms with E-state index < -0.39 is 0 Å². The molecule has 0 saturated heterocycles. The van der Waals surface area contributed by atoms with Gasteiger partial charge in [-0.25, -0.2) is 0 Å². The van der Waals surface area contributed by atoms with Gasteiger partial charge in [0, 0.05) is 30.7 Å². The molecule has 1 aromatic heterocycles. The van der Waals surface area contributed by atoms with Crippen molar-refractivity contribution in [3.63, 3.8) is 0 Å². The smallest absolute Gasteiger partial charge is 0.252 e. The molecule has 1 aliphatic heterocycles. The largest absolute Gasteiger partial charge is 0.322 e. The van der Waals surface area contributed by atoms with Crippen LogP contribution >= 0.6 is 0 Å². The molecule has 0 aliphatic carbocycles. The van der Waals surface area contributed by atoms with E-state index in [-0.39, 0.29) is 5.56 Å².